The van der Waals surface area contributed by atoms with Crippen LogP contribution in [0.15, 0.2) is 30.3 Å². The fourth-order valence-corrected chi connectivity index (χ4v) is 1.95. The van der Waals surface area contributed by atoms with Crippen LogP contribution in [0, 0.1) is 0 Å². The molecule has 0 amide bonds. The SMILES string of the molecule is CCc1cc(Oc2ccc3nnnn3n2)ccc1Cl. The summed E-state index contributed by atoms with van der Waals surface area (Å²) in [5.74, 6) is 1.10. The number of benzene rings is 1. The van der Waals surface area contributed by atoms with E-state index in [4.69, 9.17) is 16.3 Å². The third-order valence-electron chi connectivity index (χ3n) is 2.67. The van der Waals surface area contributed by atoms with Crippen molar-refractivity contribution in [1.82, 2.24) is 25.3 Å². The maximum Gasteiger partial charge on any atom is 0.239 e. The third-order valence-corrected chi connectivity index (χ3v) is 3.03. The van der Waals surface area contributed by atoms with Gasteiger partial charge in [0.15, 0.2) is 5.65 Å². The van der Waals surface area contributed by atoms with E-state index >= 15 is 0 Å². The van der Waals surface area contributed by atoms with Gasteiger partial charge >= 0.3 is 0 Å². The largest absolute Gasteiger partial charge is 0.438 e. The van der Waals surface area contributed by atoms with Crippen LogP contribution >= 0.6 is 11.6 Å². The van der Waals surface area contributed by atoms with E-state index in [1.807, 2.05) is 19.1 Å². The molecule has 0 N–H and O–H groups in total. The van der Waals surface area contributed by atoms with Gasteiger partial charge in [-0.15, -0.1) is 14.8 Å². The molecule has 0 saturated heterocycles. The second-order valence-corrected chi connectivity index (χ2v) is 4.31. The predicted molar refractivity (Wildman–Crippen MR) is 69.5 cm³/mol. The lowest BCUT2D eigenvalue weighted by Gasteiger charge is -2.07. The minimum absolute atomic E-state index is 0.421. The summed E-state index contributed by atoms with van der Waals surface area (Å²) in [7, 11) is 0. The number of hydrogen-bond donors (Lipinski definition) is 0. The zero-order chi connectivity index (χ0) is 13.2. The van der Waals surface area contributed by atoms with Gasteiger partial charge in [-0.3, -0.25) is 0 Å². The molecule has 0 unspecified atom stereocenters. The third kappa shape index (κ3) is 2.34. The fraction of sp³-hybridized carbons (Fsp3) is 0.167. The highest BCUT2D eigenvalue weighted by atomic mass is 35.5. The Balaban J connectivity index is 1.91. The Morgan fingerprint density at radius 2 is 2.16 bits per heavy atom. The number of aromatic nitrogens is 5. The molecule has 2 aromatic heterocycles. The molecule has 96 valence electrons. The minimum atomic E-state index is 0.421. The maximum absolute atomic E-state index is 6.06. The lowest BCUT2D eigenvalue weighted by molar-refractivity contribution is 0.446. The van der Waals surface area contributed by atoms with Gasteiger partial charge in [0.2, 0.25) is 5.88 Å². The molecule has 0 aliphatic carbocycles. The highest BCUT2D eigenvalue weighted by molar-refractivity contribution is 6.31. The van der Waals surface area contributed by atoms with Crippen LogP contribution in [0.5, 0.6) is 11.6 Å². The van der Waals surface area contributed by atoms with Crippen molar-refractivity contribution < 1.29 is 4.74 Å². The smallest absolute Gasteiger partial charge is 0.239 e. The topological polar surface area (TPSA) is 65.2 Å². The van der Waals surface area contributed by atoms with Crippen molar-refractivity contribution in [2.24, 2.45) is 0 Å². The predicted octanol–water partition coefficient (Wildman–Crippen LogP) is 2.53. The molecule has 6 nitrogen and oxygen atoms in total. The summed E-state index contributed by atoms with van der Waals surface area (Å²) in [6.07, 6.45) is 0.843. The Morgan fingerprint density at radius 3 is 3.00 bits per heavy atom. The molecule has 19 heavy (non-hydrogen) atoms. The van der Waals surface area contributed by atoms with E-state index in [0.29, 0.717) is 17.3 Å². The lowest BCUT2D eigenvalue weighted by atomic mass is 10.1. The second-order valence-electron chi connectivity index (χ2n) is 3.91. The monoisotopic (exact) mass is 275 g/mol. The van der Waals surface area contributed by atoms with Gasteiger partial charge in [0.25, 0.3) is 0 Å². The first-order chi connectivity index (χ1) is 9.26. The summed E-state index contributed by atoms with van der Waals surface area (Å²) >= 11 is 6.06. The van der Waals surface area contributed by atoms with Gasteiger partial charge in [-0.05, 0) is 46.7 Å². The number of nitrogens with zero attached hydrogens (tertiary/aromatic N) is 5. The Morgan fingerprint density at radius 1 is 1.26 bits per heavy atom. The van der Waals surface area contributed by atoms with Crippen LogP contribution in [0.2, 0.25) is 5.02 Å². The molecule has 0 fully saturated rings. The average molecular weight is 276 g/mol. The maximum atomic E-state index is 6.06. The summed E-state index contributed by atoms with van der Waals surface area (Å²) in [5, 5.41) is 15.9. The van der Waals surface area contributed by atoms with Crippen molar-refractivity contribution >= 4 is 17.2 Å². The number of rotatable bonds is 3. The van der Waals surface area contributed by atoms with Gasteiger partial charge < -0.3 is 4.74 Å². The molecule has 7 heteroatoms. The van der Waals surface area contributed by atoms with Gasteiger partial charge in [0.1, 0.15) is 5.75 Å². The van der Waals surface area contributed by atoms with Gasteiger partial charge in [-0.2, -0.15) is 0 Å². The molecule has 0 atom stereocenters. The fourth-order valence-electron chi connectivity index (χ4n) is 1.69. The standard InChI is InChI=1S/C12H10ClN5O/c1-2-8-7-9(3-4-10(8)13)19-12-6-5-11-14-16-17-18(11)15-12/h3-7H,2H2,1H3. The van der Waals surface area contributed by atoms with Crippen molar-refractivity contribution in [2.45, 2.75) is 13.3 Å². The van der Waals surface area contributed by atoms with Gasteiger partial charge in [-0.25, -0.2) is 0 Å². The number of aryl methyl sites for hydroxylation is 1. The minimum Gasteiger partial charge on any atom is -0.438 e. The van der Waals surface area contributed by atoms with E-state index in [0.717, 1.165) is 17.0 Å². The van der Waals surface area contributed by atoms with E-state index in [-0.39, 0.29) is 0 Å². The van der Waals surface area contributed by atoms with Crippen LogP contribution in [0.3, 0.4) is 0 Å². The second kappa shape index (κ2) is 4.81. The van der Waals surface area contributed by atoms with Crippen molar-refractivity contribution in [2.75, 3.05) is 0 Å². The summed E-state index contributed by atoms with van der Waals surface area (Å²) in [6.45, 7) is 2.04. The molecule has 0 aliphatic rings. The van der Waals surface area contributed by atoms with Crippen LogP contribution in [0.1, 0.15) is 12.5 Å². The van der Waals surface area contributed by atoms with E-state index in [1.54, 1.807) is 18.2 Å². The first-order valence-corrected chi connectivity index (χ1v) is 6.16. The zero-order valence-corrected chi connectivity index (χ0v) is 10.9. The number of tetrazole rings is 1. The normalized spacial score (nSPS) is 10.8. The molecule has 0 radical (unpaired) electrons. The van der Waals surface area contributed by atoms with Crippen LogP contribution in [-0.2, 0) is 6.42 Å². The molecule has 0 spiro atoms. The first-order valence-electron chi connectivity index (χ1n) is 5.78. The molecule has 2 heterocycles. The number of fused-ring (bicyclic) bond motifs is 1. The van der Waals surface area contributed by atoms with Crippen molar-refractivity contribution in [3.8, 4) is 11.6 Å². The van der Waals surface area contributed by atoms with E-state index in [2.05, 4.69) is 20.6 Å². The number of hydrogen-bond acceptors (Lipinski definition) is 5. The molecular formula is C12H10ClN5O. The highest BCUT2D eigenvalue weighted by Gasteiger charge is 2.05. The Kier molecular flexibility index (Phi) is 3.00. The molecule has 0 aliphatic heterocycles. The average Bonchev–Trinajstić information content (AvgIpc) is 2.88. The van der Waals surface area contributed by atoms with E-state index in [1.165, 1.54) is 4.63 Å². The molecule has 0 saturated carbocycles. The molecule has 1 aromatic carbocycles. The van der Waals surface area contributed by atoms with Crippen LogP contribution in [0.4, 0.5) is 0 Å². The number of halogens is 1. The molecule has 3 aromatic rings. The van der Waals surface area contributed by atoms with E-state index in [9.17, 15) is 0 Å². The Hall–Kier alpha value is -2.21. The first kappa shape index (κ1) is 11.9. The van der Waals surface area contributed by atoms with Crippen molar-refractivity contribution in [3.63, 3.8) is 0 Å². The van der Waals surface area contributed by atoms with Crippen molar-refractivity contribution in [3.05, 3.63) is 40.9 Å². The van der Waals surface area contributed by atoms with E-state index < -0.39 is 0 Å². The summed E-state index contributed by atoms with van der Waals surface area (Å²) < 4.78 is 6.98. The van der Waals surface area contributed by atoms with Crippen LogP contribution in [-0.4, -0.2) is 25.3 Å². The Bertz CT molecular complexity index is 727. The van der Waals surface area contributed by atoms with Crippen LogP contribution in [0.25, 0.3) is 5.65 Å². The quantitative estimate of drug-likeness (QED) is 0.735. The van der Waals surface area contributed by atoms with Crippen molar-refractivity contribution in [1.29, 1.82) is 0 Å². The van der Waals surface area contributed by atoms with Gasteiger partial charge in [0, 0.05) is 11.1 Å². The molecular weight excluding hydrogens is 266 g/mol. The van der Waals surface area contributed by atoms with Crippen LogP contribution < -0.4 is 4.74 Å². The highest BCUT2D eigenvalue weighted by Crippen LogP contribution is 2.25. The summed E-state index contributed by atoms with van der Waals surface area (Å²) in [6, 6.07) is 8.96. The summed E-state index contributed by atoms with van der Waals surface area (Å²) in [5.41, 5.74) is 1.60. The Labute approximate surface area is 114 Å². The molecule has 3 rings (SSSR count). The van der Waals surface area contributed by atoms with Gasteiger partial charge in [0.05, 0.1) is 0 Å². The zero-order valence-electron chi connectivity index (χ0n) is 10.1. The molecule has 0 bridgehead atoms. The summed E-state index contributed by atoms with van der Waals surface area (Å²) in [4.78, 5) is 0. The lowest BCUT2D eigenvalue weighted by Crippen LogP contribution is -1.97. The van der Waals surface area contributed by atoms with Gasteiger partial charge in [-0.1, -0.05) is 18.5 Å². The number of ether oxygens (including phenoxy) is 1.